The molecule has 1 aliphatic heterocycles. The van der Waals surface area contributed by atoms with Crippen molar-refractivity contribution in [2.24, 2.45) is 0 Å². The molecule has 0 aliphatic carbocycles. The van der Waals surface area contributed by atoms with Gasteiger partial charge in [-0.1, -0.05) is 6.92 Å². The van der Waals surface area contributed by atoms with Crippen molar-refractivity contribution in [3.8, 4) is 0 Å². The summed E-state index contributed by atoms with van der Waals surface area (Å²) in [4.78, 5) is 12.5. The number of hydrogen-bond acceptors (Lipinski definition) is 4. The molecule has 0 spiro atoms. The van der Waals surface area contributed by atoms with Gasteiger partial charge in [-0.25, -0.2) is 4.39 Å². The van der Waals surface area contributed by atoms with Crippen LogP contribution in [-0.4, -0.2) is 35.5 Å². The molecule has 5 nitrogen and oxygen atoms in total. The highest BCUT2D eigenvalue weighted by molar-refractivity contribution is 5.52. The lowest BCUT2D eigenvalue weighted by Crippen LogP contribution is -2.39. The maximum atomic E-state index is 13.6. The summed E-state index contributed by atoms with van der Waals surface area (Å²) in [5.41, 5.74) is 0.138. The third-order valence-corrected chi connectivity index (χ3v) is 3.56. The maximum Gasteiger partial charge on any atom is 0.271 e. The van der Waals surface area contributed by atoms with E-state index in [2.05, 4.69) is 17.1 Å². The highest BCUT2D eigenvalue weighted by atomic mass is 19.1. The molecule has 1 fully saturated rings. The second kappa shape index (κ2) is 5.97. The Kier molecular flexibility index (Phi) is 4.31. The minimum absolute atomic E-state index is 0.0881. The zero-order chi connectivity index (χ0) is 13.8. The summed E-state index contributed by atoms with van der Waals surface area (Å²) < 4.78 is 13.6. The maximum absolute atomic E-state index is 13.6. The van der Waals surface area contributed by atoms with E-state index < -0.39 is 10.7 Å². The summed E-state index contributed by atoms with van der Waals surface area (Å²) in [6, 6.07) is 3.77. The van der Waals surface area contributed by atoms with Crippen LogP contribution >= 0.6 is 0 Å². The van der Waals surface area contributed by atoms with Crippen LogP contribution in [0.2, 0.25) is 0 Å². The fraction of sp³-hybridized carbons (Fsp3) is 0.538. The Labute approximate surface area is 111 Å². The molecule has 104 valence electrons. The van der Waals surface area contributed by atoms with Crippen LogP contribution in [0.4, 0.5) is 15.8 Å². The van der Waals surface area contributed by atoms with Crippen LogP contribution in [-0.2, 0) is 0 Å². The van der Waals surface area contributed by atoms with E-state index in [0.29, 0.717) is 0 Å². The van der Waals surface area contributed by atoms with Crippen LogP contribution in [0.5, 0.6) is 0 Å². The van der Waals surface area contributed by atoms with Gasteiger partial charge in [-0.15, -0.1) is 0 Å². The average molecular weight is 267 g/mol. The first kappa shape index (κ1) is 13.7. The summed E-state index contributed by atoms with van der Waals surface area (Å²) in [5.74, 6) is -0.441. The van der Waals surface area contributed by atoms with Gasteiger partial charge in [0.05, 0.1) is 10.6 Å². The van der Waals surface area contributed by atoms with Crippen molar-refractivity contribution in [2.45, 2.75) is 25.8 Å². The number of nitrogens with zero attached hydrogens (tertiary/aromatic N) is 2. The van der Waals surface area contributed by atoms with Crippen molar-refractivity contribution < 1.29 is 9.31 Å². The summed E-state index contributed by atoms with van der Waals surface area (Å²) in [6.07, 6.45) is 1.85. The molecule has 1 aromatic rings. The van der Waals surface area contributed by atoms with E-state index in [1.165, 1.54) is 12.1 Å². The molecule has 0 radical (unpaired) electrons. The Morgan fingerprint density at radius 2 is 2.16 bits per heavy atom. The van der Waals surface area contributed by atoms with Crippen LogP contribution in [0.1, 0.15) is 19.8 Å². The molecule has 0 aromatic heterocycles. The van der Waals surface area contributed by atoms with Gasteiger partial charge in [-0.05, 0) is 25.5 Å². The number of rotatable bonds is 4. The van der Waals surface area contributed by atoms with Gasteiger partial charge >= 0.3 is 0 Å². The minimum atomic E-state index is -0.510. The zero-order valence-electron chi connectivity index (χ0n) is 10.9. The van der Waals surface area contributed by atoms with Crippen molar-refractivity contribution in [3.63, 3.8) is 0 Å². The van der Waals surface area contributed by atoms with Gasteiger partial charge in [0.1, 0.15) is 5.82 Å². The minimum Gasteiger partial charge on any atom is -0.380 e. The Hall–Kier alpha value is -1.69. The Bertz CT molecular complexity index is 459. The fourth-order valence-corrected chi connectivity index (χ4v) is 2.35. The van der Waals surface area contributed by atoms with Gasteiger partial charge < -0.3 is 10.2 Å². The Balaban J connectivity index is 2.03. The van der Waals surface area contributed by atoms with Crippen LogP contribution in [0, 0.1) is 15.9 Å². The molecule has 2 rings (SSSR count). The summed E-state index contributed by atoms with van der Waals surface area (Å²) >= 11 is 0. The van der Waals surface area contributed by atoms with Gasteiger partial charge in [-0.3, -0.25) is 10.1 Å². The van der Waals surface area contributed by atoms with Crippen molar-refractivity contribution >= 4 is 11.4 Å². The lowest BCUT2D eigenvalue weighted by Gasteiger charge is -2.32. The topological polar surface area (TPSA) is 58.4 Å². The first-order chi connectivity index (χ1) is 9.10. The molecule has 1 saturated heterocycles. The summed E-state index contributed by atoms with van der Waals surface area (Å²) in [5, 5.41) is 13.8. The van der Waals surface area contributed by atoms with Gasteiger partial charge in [0.25, 0.3) is 5.69 Å². The Morgan fingerprint density at radius 3 is 2.74 bits per heavy atom. The predicted molar refractivity (Wildman–Crippen MR) is 71.8 cm³/mol. The van der Waals surface area contributed by atoms with E-state index in [4.69, 9.17) is 0 Å². The summed E-state index contributed by atoms with van der Waals surface area (Å²) in [6.45, 7) is 5.10. The molecule has 0 bridgehead atoms. The molecule has 0 saturated carbocycles. The number of halogens is 1. The molecule has 0 atom stereocenters. The smallest absolute Gasteiger partial charge is 0.271 e. The van der Waals surface area contributed by atoms with Gasteiger partial charge in [0, 0.05) is 31.3 Å². The first-order valence-electron chi connectivity index (χ1n) is 6.53. The molecule has 1 heterocycles. The number of likely N-dealkylation sites (tertiary alicyclic amines) is 1. The van der Waals surface area contributed by atoms with Crippen LogP contribution < -0.4 is 5.32 Å². The van der Waals surface area contributed by atoms with E-state index in [1.807, 2.05) is 0 Å². The number of non-ortho nitro benzene ring substituents is 1. The molecule has 6 heteroatoms. The lowest BCUT2D eigenvalue weighted by atomic mass is 10.0. The first-order valence-corrected chi connectivity index (χ1v) is 6.53. The predicted octanol–water partition coefficient (Wildman–Crippen LogP) is 2.63. The van der Waals surface area contributed by atoms with Crippen LogP contribution in [0.3, 0.4) is 0 Å². The Morgan fingerprint density at radius 1 is 1.47 bits per heavy atom. The lowest BCUT2D eigenvalue weighted by molar-refractivity contribution is -0.384. The number of piperidine rings is 1. The number of nitro benzene ring substituents is 1. The number of hydrogen-bond donors (Lipinski definition) is 1. The highest BCUT2D eigenvalue weighted by Crippen LogP contribution is 2.24. The standard InChI is InChI=1S/C13H18FN3O2/c1-2-16-7-5-10(6-8-16)15-13-9-11(17(18)19)3-4-12(13)14/h3-4,9-10,15H,2,5-8H2,1H3. The molecule has 19 heavy (non-hydrogen) atoms. The second-order valence-electron chi connectivity index (χ2n) is 4.77. The molecular weight excluding hydrogens is 249 g/mol. The molecular formula is C13H18FN3O2. The number of nitro groups is 1. The quantitative estimate of drug-likeness (QED) is 0.673. The van der Waals surface area contributed by atoms with E-state index in [1.54, 1.807) is 0 Å². The molecule has 1 N–H and O–H groups in total. The van der Waals surface area contributed by atoms with Gasteiger partial charge in [0.15, 0.2) is 0 Å². The third-order valence-electron chi connectivity index (χ3n) is 3.56. The molecule has 1 aliphatic rings. The molecule has 0 amide bonds. The number of nitrogens with one attached hydrogen (secondary N) is 1. The molecule has 0 unspecified atom stereocenters. The second-order valence-corrected chi connectivity index (χ2v) is 4.77. The van der Waals surface area contributed by atoms with E-state index in [-0.39, 0.29) is 17.4 Å². The van der Waals surface area contributed by atoms with Crippen LogP contribution in [0.15, 0.2) is 18.2 Å². The monoisotopic (exact) mass is 267 g/mol. The largest absolute Gasteiger partial charge is 0.380 e. The summed E-state index contributed by atoms with van der Waals surface area (Å²) in [7, 11) is 0. The fourth-order valence-electron chi connectivity index (χ4n) is 2.35. The number of benzene rings is 1. The van der Waals surface area contributed by atoms with E-state index in [0.717, 1.165) is 38.5 Å². The van der Waals surface area contributed by atoms with E-state index >= 15 is 0 Å². The van der Waals surface area contributed by atoms with Crippen molar-refractivity contribution in [1.29, 1.82) is 0 Å². The van der Waals surface area contributed by atoms with Crippen LogP contribution in [0.25, 0.3) is 0 Å². The van der Waals surface area contributed by atoms with Crippen molar-refractivity contribution in [1.82, 2.24) is 4.90 Å². The molecule has 1 aromatic carbocycles. The average Bonchev–Trinajstić information content (AvgIpc) is 2.42. The highest BCUT2D eigenvalue weighted by Gasteiger charge is 2.20. The number of anilines is 1. The van der Waals surface area contributed by atoms with Gasteiger partial charge in [0.2, 0.25) is 0 Å². The van der Waals surface area contributed by atoms with Crippen molar-refractivity contribution in [3.05, 3.63) is 34.1 Å². The van der Waals surface area contributed by atoms with Gasteiger partial charge in [-0.2, -0.15) is 0 Å². The zero-order valence-corrected chi connectivity index (χ0v) is 10.9. The third kappa shape index (κ3) is 3.41. The SMILES string of the molecule is CCN1CCC(Nc2cc([N+](=O)[O-])ccc2F)CC1. The normalized spacial score (nSPS) is 17.4. The van der Waals surface area contributed by atoms with E-state index in [9.17, 15) is 14.5 Å². The van der Waals surface area contributed by atoms with Crippen molar-refractivity contribution in [2.75, 3.05) is 25.0 Å².